The number of ether oxygens (including phenoxy) is 2. The minimum absolute atomic E-state index is 0.564. The van der Waals surface area contributed by atoms with Gasteiger partial charge in [0.1, 0.15) is 13.2 Å². The maximum Gasteiger partial charge on any atom is 0.121 e. The Bertz CT molecular complexity index is 555. The van der Waals surface area contributed by atoms with Gasteiger partial charge in [-0.05, 0) is 11.1 Å². The summed E-state index contributed by atoms with van der Waals surface area (Å²) >= 11 is 0. The van der Waals surface area contributed by atoms with Crippen LogP contribution in [-0.2, 0) is 9.47 Å². The van der Waals surface area contributed by atoms with Gasteiger partial charge in [-0.15, -0.1) is 0 Å². The molecule has 2 aromatic rings. The van der Waals surface area contributed by atoms with Gasteiger partial charge in [-0.3, -0.25) is 0 Å². The van der Waals surface area contributed by atoms with Crippen LogP contribution in [0, 0.1) is 0 Å². The minimum Gasteiger partial charge on any atom is -0.497 e. The topological polar surface area (TPSA) is 18.5 Å². The lowest BCUT2D eigenvalue weighted by Crippen LogP contribution is -2.03. The average Bonchev–Trinajstić information content (AvgIpc) is 2.49. The van der Waals surface area contributed by atoms with Gasteiger partial charge in [0.05, 0.1) is 12.5 Å². The number of allylic oxidation sites excluding steroid dienone is 2. The normalized spacial score (nSPS) is 20.2. The molecule has 0 amide bonds. The van der Waals surface area contributed by atoms with Crippen molar-refractivity contribution in [2.45, 2.75) is 0 Å². The zero-order chi connectivity index (χ0) is 13.6. The van der Waals surface area contributed by atoms with Crippen LogP contribution in [0.1, 0.15) is 11.1 Å². The van der Waals surface area contributed by atoms with Crippen molar-refractivity contribution in [3.05, 3.63) is 84.3 Å². The van der Waals surface area contributed by atoms with Crippen LogP contribution >= 0.6 is 0 Å². The molecule has 2 aromatic carbocycles. The van der Waals surface area contributed by atoms with Crippen LogP contribution in [0.25, 0.3) is 11.1 Å². The van der Waals surface area contributed by atoms with Gasteiger partial charge < -0.3 is 9.47 Å². The molecular weight excluding hydrogens is 248 g/mol. The second-order valence-corrected chi connectivity index (χ2v) is 4.54. The summed E-state index contributed by atoms with van der Waals surface area (Å²) in [6, 6.07) is 20.4. The van der Waals surface area contributed by atoms with Crippen LogP contribution < -0.4 is 0 Å². The molecule has 0 unspecified atom stereocenters. The molecule has 0 aliphatic carbocycles. The van der Waals surface area contributed by atoms with Crippen LogP contribution in [0.15, 0.2) is 73.2 Å². The molecule has 2 heteroatoms. The molecule has 0 saturated heterocycles. The van der Waals surface area contributed by atoms with Crippen LogP contribution in [0.4, 0.5) is 0 Å². The molecule has 0 saturated carbocycles. The third kappa shape index (κ3) is 2.75. The molecule has 2 nitrogen and oxygen atoms in total. The number of hydrogen-bond acceptors (Lipinski definition) is 2. The number of rotatable bonds is 2. The average molecular weight is 264 g/mol. The predicted octanol–water partition coefficient (Wildman–Crippen LogP) is 4.12. The molecule has 1 heterocycles. The Labute approximate surface area is 119 Å². The Morgan fingerprint density at radius 3 is 1.35 bits per heavy atom. The quantitative estimate of drug-likeness (QED) is 0.812. The molecule has 0 bridgehead atoms. The van der Waals surface area contributed by atoms with Crippen molar-refractivity contribution >= 4 is 11.1 Å². The molecular formula is C18H16O2. The van der Waals surface area contributed by atoms with Crippen molar-refractivity contribution in [2.24, 2.45) is 0 Å². The first-order valence-corrected chi connectivity index (χ1v) is 6.70. The summed E-state index contributed by atoms with van der Waals surface area (Å²) in [4.78, 5) is 0. The van der Waals surface area contributed by atoms with Crippen LogP contribution in [0.2, 0.25) is 0 Å². The first-order valence-electron chi connectivity index (χ1n) is 6.70. The highest BCUT2D eigenvalue weighted by Crippen LogP contribution is 2.31. The van der Waals surface area contributed by atoms with Crippen LogP contribution in [-0.4, -0.2) is 13.2 Å². The van der Waals surface area contributed by atoms with E-state index in [0.717, 1.165) is 22.3 Å². The Kier molecular flexibility index (Phi) is 3.83. The van der Waals surface area contributed by atoms with Crippen molar-refractivity contribution in [1.82, 2.24) is 0 Å². The molecule has 1 aliphatic rings. The van der Waals surface area contributed by atoms with Crippen molar-refractivity contribution in [1.29, 1.82) is 0 Å². The molecule has 1 aliphatic heterocycles. The highest BCUT2D eigenvalue weighted by atomic mass is 16.5. The largest absolute Gasteiger partial charge is 0.497 e. The smallest absolute Gasteiger partial charge is 0.121 e. The second-order valence-electron chi connectivity index (χ2n) is 4.54. The van der Waals surface area contributed by atoms with Crippen molar-refractivity contribution in [2.75, 3.05) is 13.2 Å². The van der Waals surface area contributed by atoms with E-state index in [0.29, 0.717) is 13.2 Å². The fourth-order valence-electron chi connectivity index (χ4n) is 2.19. The van der Waals surface area contributed by atoms with E-state index in [9.17, 15) is 0 Å². The summed E-state index contributed by atoms with van der Waals surface area (Å²) in [6.07, 6.45) is 3.66. The molecule has 20 heavy (non-hydrogen) atoms. The molecule has 0 aromatic heterocycles. The summed E-state index contributed by atoms with van der Waals surface area (Å²) in [5, 5.41) is 0. The lowest BCUT2D eigenvalue weighted by molar-refractivity contribution is 0.149. The molecule has 0 spiro atoms. The third-order valence-corrected chi connectivity index (χ3v) is 3.18. The summed E-state index contributed by atoms with van der Waals surface area (Å²) < 4.78 is 11.1. The van der Waals surface area contributed by atoms with E-state index in [4.69, 9.17) is 9.47 Å². The van der Waals surface area contributed by atoms with Gasteiger partial charge in [0.15, 0.2) is 0 Å². The molecule has 3 rings (SSSR count). The van der Waals surface area contributed by atoms with Gasteiger partial charge in [-0.1, -0.05) is 60.7 Å². The first-order chi connectivity index (χ1) is 9.95. The molecule has 0 radical (unpaired) electrons. The Morgan fingerprint density at radius 1 is 0.550 bits per heavy atom. The van der Waals surface area contributed by atoms with Gasteiger partial charge in [-0.25, -0.2) is 0 Å². The van der Waals surface area contributed by atoms with E-state index in [1.165, 1.54) is 0 Å². The Balaban J connectivity index is 2.07. The van der Waals surface area contributed by atoms with Crippen LogP contribution in [0.3, 0.4) is 0 Å². The predicted molar refractivity (Wildman–Crippen MR) is 80.7 cm³/mol. The van der Waals surface area contributed by atoms with E-state index in [-0.39, 0.29) is 0 Å². The zero-order valence-electron chi connectivity index (χ0n) is 11.2. The summed E-state index contributed by atoms with van der Waals surface area (Å²) in [5.41, 5.74) is 4.31. The summed E-state index contributed by atoms with van der Waals surface area (Å²) in [6.45, 7) is 1.13. The third-order valence-electron chi connectivity index (χ3n) is 3.18. The number of hydrogen-bond donors (Lipinski definition) is 0. The maximum absolute atomic E-state index is 5.57. The lowest BCUT2D eigenvalue weighted by atomic mass is 9.94. The highest BCUT2D eigenvalue weighted by Gasteiger charge is 2.13. The fraction of sp³-hybridized carbons (Fsp3) is 0.111. The van der Waals surface area contributed by atoms with Gasteiger partial charge in [-0.2, -0.15) is 0 Å². The SMILES string of the molecule is C1=C(c2ccccc2)\C(c2ccccc2)=C/OCCO/1. The zero-order valence-corrected chi connectivity index (χ0v) is 11.2. The maximum atomic E-state index is 5.57. The van der Waals surface area contributed by atoms with Gasteiger partial charge in [0, 0.05) is 11.1 Å². The number of benzene rings is 2. The first kappa shape index (κ1) is 12.5. The van der Waals surface area contributed by atoms with Crippen LogP contribution in [0.5, 0.6) is 0 Å². The fourth-order valence-corrected chi connectivity index (χ4v) is 2.19. The Hall–Kier alpha value is -2.48. The lowest BCUT2D eigenvalue weighted by Gasteiger charge is -2.16. The standard InChI is InChI=1S/C18H16O2/c1-3-7-15(8-4-1)17-13-19-11-12-20-14-18(17)16-9-5-2-6-10-16/h1-10,13-14H,11-12H2/b17-13-,18-14-. The molecule has 0 fully saturated rings. The van der Waals surface area contributed by atoms with Crippen molar-refractivity contribution in [3.63, 3.8) is 0 Å². The monoisotopic (exact) mass is 264 g/mol. The van der Waals surface area contributed by atoms with E-state index in [2.05, 4.69) is 24.3 Å². The summed E-state index contributed by atoms with van der Waals surface area (Å²) in [5.74, 6) is 0. The van der Waals surface area contributed by atoms with Gasteiger partial charge in [0.2, 0.25) is 0 Å². The van der Waals surface area contributed by atoms with Crippen molar-refractivity contribution < 1.29 is 9.47 Å². The molecule has 0 atom stereocenters. The van der Waals surface area contributed by atoms with Crippen molar-refractivity contribution in [3.8, 4) is 0 Å². The van der Waals surface area contributed by atoms with Gasteiger partial charge in [0.25, 0.3) is 0 Å². The molecule has 100 valence electrons. The summed E-state index contributed by atoms with van der Waals surface area (Å²) in [7, 11) is 0. The molecule has 0 N–H and O–H groups in total. The second kappa shape index (κ2) is 6.11. The highest BCUT2D eigenvalue weighted by molar-refractivity contribution is 6.04. The van der Waals surface area contributed by atoms with E-state index in [1.807, 2.05) is 48.9 Å². The van der Waals surface area contributed by atoms with E-state index >= 15 is 0 Å². The van der Waals surface area contributed by atoms with E-state index in [1.54, 1.807) is 0 Å². The van der Waals surface area contributed by atoms with E-state index < -0.39 is 0 Å². The Morgan fingerprint density at radius 2 is 0.950 bits per heavy atom. The minimum atomic E-state index is 0.564. The van der Waals surface area contributed by atoms with Gasteiger partial charge >= 0.3 is 0 Å².